The summed E-state index contributed by atoms with van der Waals surface area (Å²) >= 11 is 0. The maximum Gasteiger partial charge on any atom is 0.105 e. The van der Waals surface area contributed by atoms with Gasteiger partial charge in [-0.2, -0.15) is 0 Å². The first-order valence-corrected chi connectivity index (χ1v) is 9.96. The van der Waals surface area contributed by atoms with Gasteiger partial charge < -0.3 is 17.0 Å². The normalized spacial score (nSPS) is 10.4. The van der Waals surface area contributed by atoms with Crippen LogP contribution in [0, 0.1) is 0 Å². The molecule has 0 amide bonds. The molecule has 3 aromatic carbocycles. The number of aryl methyl sites for hydroxylation is 1. The highest BCUT2D eigenvalue weighted by Crippen LogP contribution is 2.34. The Morgan fingerprint density at radius 1 is 0.667 bits per heavy atom. The van der Waals surface area contributed by atoms with Gasteiger partial charge >= 0.3 is 0 Å². The summed E-state index contributed by atoms with van der Waals surface area (Å²) in [6, 6.07) is 31.1. The second-order valence-corrected chi connectivity index (χ2v) is 8.31. The Morgan fingerprint density at radius 2 is 1.17 bits per heavy atom. The smallest absolute Gasteiger partial charge is 0.105 e. The Bertz CT molecular complexity index is 686. The molecule has 0 spiro atoms. The number of unbranched alkanes of at least 4 members (excludes halogenated alkanes) is 1. The maximum atomic E-state index is 2.35. The molecule has 0 N–H and O–H groups in total. The molecule has 0 unspecified atom stereocenters. The van der Waals surface area contributed by atoms with Gasteiger partial charge in [-0.3, -0.25) is 0 Å². The van der Waals surface area contributed by atoms with Gasteiger partial charge in [0.2, 0.25) is 0 Å². The van der Waals surface area contributed by atoms with E-state index in [-0.39, 0.29) is 17.0 Å². The van der Waals surface area contributed by atoms with Crippen molar-refractivity contribution >= 4 is 23.8 Å². The van der Waals surface area contributed by atoms with Crippen LogP contribution in [-0.2, 0) is 6.42 Å². The molecule has 0 atom stereocenters. The molecule has 0 bridgehead atoms. The molecule has 2 heteroatoms. The van der Waals surface area contributed by atoms with Gasteiger partial charge in [0.05, 0.1) is 7.92 Å². The van der Waals surface area contributed by atoms with Crippen LogP contribution in [-0.4, -0.2) is 0 Å². The molecule has 0 saturated heterocycles. The minimum atomic E-state index is -0.937. The van der Waals surface area contributed by atoms with E-state index < -0.39 is 7.92 Å². The zero-order chi connectivity index (χ0) is 15.9. The van der Waals surface area contributed by atoms with Crippen LogP contribution in [0.25, 0.3) is 0 Å². The second-order valence-electron chi connectivity index (χ2n) is 5.87. The quantitative estimate of drug-likeness (QED) is 0.552. The fourth-order valence-corrected chi connectivity index (χ4v) is 5.84. The van der Waals surface area contributed by atoms with E-state index in [2.05, 4.69) is 91.9 Å². The van der Waals surface area contributed by atoms with Crippen molar-refractivity contribution in [3.8, 4) is 0 Å². The predicted octanol–water partition coefficient (Wildman–Crippen LogP) is 1.52. The van der Waals surface area contributed by atoms with E-state index in [4.69, 9.17) is 0 Å². The van der Waals surface area contributed by atoms with E-state index in [0.29, 0.717) is 0 Å². The largest absolute Gasteiger partial charge is 1.00 e. The molecule has 3 aromatic rings. The molecule has 0 aliphatic rings. The van der Waals surface area contributed by atoms with E-state index >= 15 is 0 Å². The van der Waals surface area contributed by atoms with E-state index in [1.807, 2.05) is 0 Å². The van der Waals surface area contributed by atoms with E-state index in [1.54, 1.807) is 5.30 Å². The standard InChI is InChI=1S/C22H23P.BrH/c1-2-3-12-19-13-10-11-18-22(19)23(20-14-6-4-7-15-20)21-16-8-5-9-17-21;/h4-11,13-18H,2-3,12H2,1H3;1H. The molecule has 0 aromatic heterocycles. The van der Waals surface area contributed by atoms with Gasteiger partial charge in [0.1, 0.15) is 15.9 Å². The Morgan fingerprint density at radius 3 is 1.71 bits per heavy atom. The number of hydrogen-bond donors (Lipinski definition) is 0. The Labute approximate surface area is 157 Å². The Kier molecular flexibility index (Phi) is 7.69. The molecular formula is C22H24BrP. The van der Waals surface area contributed by atoms with E-state index in [0.717, 1.165) is 0 Å². The summed E-state index contributed by atoms with van der Waals surface area (Å²) in [7, 11) is -0.937. The number of benzene rings is 3. The van der Waals surface area contributed by atoms with Crippen molar-refractivity contribution < 1.29 is 17.0 Å². The van der Waals surface area contributed by atoms with E-state index in [1.165, 1.54) is 35.4 Å². The third kappa shape index (κ3) is 4.56. The van der Waals surface area contributed by atoms with Gasteiger partial charge in [-0.25, -0.2) is 0 Å². The van der Waals surface area contributed by atoms with Gasteiger partial charge in [-0.1, -0.05) is 67.9 Å². The molecular weight excluding hydrogens is 375 g/mol. The van der Waals surface area contributed by atoms with Crippen molar-refractivity contribution in [2.45, 2.75) is 26.2 Å². The summed E-state index contributed by atoms with van der Waals surface area (Å²) in [6.45, 7) is 2.27. The average molecular weight is 399 g/mol. The van der Waals surface area contributed by atoms with Gasteiger partial charge in [0.25, 0.3) is 0 Å². The van der Waals surface area contributed by atoms with Crippen molar-refractivity contribution in [3.63, 3.8) is 0 Å². The van der Waals surface area contributed by atoms with Gasteiger partial charge in [-0.05, 0) is 48.7 Å². The number of rotatable bonds is 6. The first kappa shape index (κ1) is 18.9. The first-order valence-electron chi connectivity index (χ1n) is 8.46. The summed E-state index contributed by atoms with van der Waals surface area (Å²) in [5, 5.41) is 4.48. The van der Waals surface area contributed by atoms with Crippen LogP contribution in [0.1, 0.15) is 25.3 Å². The first-order chi connectivity index (χ1) is 11.4. The highest BCUT2D eigenvalue weighted by molar-refractivity contribution is 7.79. The Hall–Kier alpha value is -1.43. The minimum absolute atomic E-state index is 0. The number of halogens is 1. The lowest BCUT2D eigenvalue weighted by molar-refractivity contribution is -0.00000450. The van der Waals surface area contributed by atoms with Crippen LogP contribution in [0.15, 0.2) is 84.9 Å². The zero-order valence-electron chi connectivity index (χ0n) is 14.1. The summed E-state index contributed by atoms with van der Waals surface area (Å²) in [6.07, 6.45) is 3.68. The summed E-state index contributed by atoms with van der Waals surface area (Å²) < 4.78 is 0. The lowest BCUT2D eigenvalue weighted by Gasteiger charge is -2.14. The highest BCUT2D eigenvalue weighted by atomic mass is 79.9. The van der Waals surface area contributed by atoms with Crippen LogP contribution in [0.4, 0.5) is 0 Å². The molecule has 0 fully saturated rings. The lowest BCUT2D eigenvalue weighted by Crippen LogP contribution is -3.00. The third-order valence-corrected chi connectivity index (χ3v) is 7.06. The van der Waals surface area contributed by atoms with Crippen molar-refractivity contribution in [1.82, 2.24) is 0 Å². The van der Waals surface area contributed by atoms with Crippen molar-refractivity contribution in [1.29, 1.82) is 0 Å². The molecule has 0 aliphatic heterocycles. The summed E-state index contributed by atoms with van der Waals surface area (Å²) in [5.74, 6) is 0. The minimum Gasteiger partial charge on any atom is -1.00 e. The van der Waals surface area contributed by atoms with Crippen LogP contribution in [0.3, 0.4) is 0 Å². The third-order valence-electron chi connectivity index (χ3n) is 4.21. The predicted molar refractivity (Wildman–Crippen MR) is 105 cm³/mol. The number of hydrogen-bond acceptors (Lipinski definition) is 0. The van der Waals surface area contributed by atoms with Crippen LogP contribution in [0.2, 0.25) is 0 Å². The summed E-state index contributed by atoms with van der Waals surface area (Å²) in [5.41, 5.74) is 1.52. The molecule has 124 valence electrons. The molecule has 3 rings (SSSR count). The summed E-state index contributed by atoms with van der Waals surface area (Å²) in [4.78, 5) is 0. The lowest BCUT2D eigenvalue weighted by atomic mass is 10.1. The monoisotopic (exact) mass is 398 g/mol. The van der Waals surface area contributed by atoms with Crippen molar-refractivity contribution in [3.05, 3.63) is 90.5 Å². The topological polar surface area (TPSA) is 0 Å². The molecule has 0 nitrogen and oxygen atoms in total. The molecule has 24 heavy (non-hydrogen) atoms. The van der Waals surface area contributed by atoms with Crippen LogP contribution >= 0.6 is 7.92 Å². The van der Waals surface area contributed by atoms with Crippen molar-refractivity contribution in [2.24, 2.45) is 0 Å². The molecule has 0 radical (unpaired) electrons. The second kappa shape index (κ2) is 9.77. The SMILES string of the molecule is CCCCc1ccccc1[PH+](c1ccccc1)c1ccccc1.[Br-]. The van der Waals surface area contributed by atoms with Crippen LogP contribution in [0.5, 0.6) is 0 Å². The Balaban J connectivity index is 0.00000208. The molecule has 0 saturated carbocycles. The van der Waals surface area contributed by atoms with Gasteiger partial charge in [0.15, 0.2) is 0 Å². The highest BCUT2D eigenvalue weighted by Gasteiger charge is 2.27. The van der Waals surface area contributed by atoms with Gasteiger partial charge in [0, 0.05) is 0 Å². The molecule has 0 aliphatic carbocycles. The van der Waals surface area contributed by atoms with Crippen LogP contribution < -0.4 is 32.9 Å². The zero-order valence-corrected chi connectivity index (χ0v) is 16.7. The van der Waals surface area contributed by atoms with E-state index in [9.17, 15) is 0 Å². The van der Waals surface area contributed by atoms with Crippen molar-refractivity contribution in [2.75, 3.05) is 0 Å². The maximum absolute atomic E-state index is 2.35. The fraction of sp³-hybridized carbons (Fsp3) is 0.182. The van der Waals surface area contributed by atoms with Gasteiger partial charge in [-0.15, -0.1) is 0 Å². The molecule has 0 heterocycles. The fourth-order valence-electron chi connectivity index (χ4n) is 3.04. The average Bonchev–Trinajstić information content (AvgIpc) is 2.63.